The number of fused-ring (bicyclic) bond motifs is 1. The van der Waals surface area contributed by atoms with Crippen LogP contribution in [0.5, 0.6) is 0 Å². The molecule has 0 amide bonds. The molecule has 1 heterocycles. The largest absolute Gasteiger partial charge is 0.478 e. The molecule has 2 rings (SSSR count). The molecule has 0 aliphatic rings. The van der Waals surface area contributed by atoms with Crippen molar-refractivity contribution in [3.05, 3.63) is 33.6 Å². The van der Waals surface area contributed by atoms with Crippen LogP contribution in [0.1, 0.15) is 23.1 Å². The lowest BCUT2D eigenvalue weighted by Gasteiger charge is -1.96. The van der Waals surface area contributed by atoms with Crippen LogP contribution in [0.4, 0.5) is 5.69 Å². The SMILES string of the molecule is CC(=O)OCc1nc2c(C(=O)O)cc([N+](=O)[O-])cc2[nH]1. The van der Waals surface area contributed by atoms with Gasteiger partial charge in [0.1, 0.15) is 17.9 Å². The highest BCUT2D eigenvalue weighted by Crippen LogP contribution is 2.24. The minimum atomic E-state index is -1.33. The smallest absolute Gasteiger partial charge is 0.338 e. The third-order valence-electron chi connectivity index (χ3n) is 2.47. The fraction of sp³-hybridized carbons (Fsp3) is 0.182. The van der Waals surface area contributed by atoms with Gasteiger partial charge in [-0.3, -0.25) is 14.9 Å². The van der Waals surface area contributed by atoms with Gasteiger partial charge in [-0.05, 0) is 0 Å². The van der Waals surface area contributed by atoms with Crippen LogP contribution in [-0.2, 0) is 16.1 Å². The van der Waals surface area contributed by atoms with Crippen molar-refractivity contribution in [2.24, 2.45) is 0 Å². The molecule has 0 aliphatic carbocycles. The number of aromatic carboxylic acids is 1. The van der Waals surface area contributed by atoms with Crippen LogP contribution in [-0.4, -0.2) is 31.9 Å². The van der Waals surface area contributed by atoms with Crippen LogP contribution in [0.3, 0.4) is 0 Å². The number of hydrogen-bond donors (Lipinski definition) is 2. The van der Waals surface area contributed by atoms with Crippen molar-refractivity contribution in [1.82, 2.24) is 9.97 Å². The number of carbonyl (C=O) groups excluding carboxylic acids is 1. The van der Waals surface area contributed by atoms with E-state index < -0.39 is 16.9 Å². The normalized spacial score (nSPS) is 10.4. The number of nitrogens with one attached hydrogen (secondary N) is 1. The van der Waals surface area contributed by atoms with Crippen LogP contribution < -0.4 is 0 Å². The second-order valence-corrected chi connectivity index (χ2v) is 3.92. The molecule has 2 N–H and O–H groups in total. The topological polar surface area (TPSA) is 135 Å². The molecule has 0 atom stereocenters. The number of carbonyl (C=O) groups is 2. The van der Waals surface area contributed by atoms with E-state index in [4.69, 9.17) is 9.84 Å². The summed E-state index contributed by atoms with van der Waals surface area (Å²) in [6.45, 7) is 1.05. The van der Waals surface area contributed by atoms with Crippen molar-refractivity contribution in [1.29, 1.82) is 0 Å². The maximum Gasteiger partial charge on any atom is 0.338 e. The number of aromatic nitrogens is 2. The highest BCUT2D eigenvalue weighted by molar-refractivity contribution is 6.02. The molecule has 1 aromatic carbocycles. The molecule has 0 spiro atoms. The van der Waals surface area contributed by atoms with Gasteiger partial charge in [0, 0.05) is 19.1 Å². The van der Waals surface area contributed by atoms with Gasteiger partial charge in [-0.15, -0.1) is 0 Å². The summed E-state index contributed by atoms with van der Waals surface area (Å²) in [5.74, 6) is -1.64. The summed E-state index contributed by atoms with van der Waals surface area (Å²) in [5.41, 5.74) is -0.388. The van der Waals surface area contributed by atoms with Gasteiger partial charge in [0.2, 0.25) is 0 Å². The van der Waals surface area contributed by atoms with E-state index in [2.05, 4.69) is 9.97 Å². The molecule has 0 unspecified atom stereocenters. The number of H-pyrrole nitrogens is 1. The van der Waals surface area contributed by atoms with Gasteiger partial charge in [0.25, 0.3) is 5.69 Å². The summed E-state index contributed by atoms with van der Waals surface area (Å²) in [6.07, 6.45) is 0. The molecule has 1 aromatic heterocycles. The number of non-ortho nitro benzene ring substituents is 1. The van der Waals surface area contributed by atoms with Gasteiger partial charge < -0.3 is 14.8 Å². The van der Waals surface area contributed by atoms with E-state index in [1.165, 1.54) is 13.0 Å². The molecule has 0 bridgehead atoms. The number of carboxylic acids is 1. The fourth-order valence-electron chi connectivity index (χ4n) is 1.66. The Hall–Kier alpha value is -2.97. The predicted molar refractivity (Wildman–Crippen MR) is 65.2 cm³/mol. The van der Waals surface area contributed by atoms with E-state index in [0.29, 0.717) is 0 Å². The second-order valence-electron chi connectivity index (χ2n) is 3.92. The third kappa shape index (κ3) is 2.55. The van der Waals surface area contributed by atoms with E-state index >= 15 is 0 Å². The van der Waals surface area contributed by atoms with Crippen molar-refractivity contribution in [2.45, 2.75) is 13.5 Å². The van der Waals surface area contributed by atoms with Gasteiger partial charge in [0.15, 0.2) is 0 Å². The zero-order chi connectivity index (χ0) is 14.9. The average molecular weight is 279 g/mol. The first-order chi connectivity index (χ1) is 9.38. The first-order valence-corrected chi connectivity index (χ1v) is 5.42. The highest BCUT2D eigenvalue weighted by Gasteiger charge is 2.19. The van der Waals surface area contributed by atoms with Crippen molar-refractivity contribution < 1.29 is 24.4 Å². The number of nitro benzene ring substituents is 1. The Labute approximate surface area is 111 Å². The van der Waals surface area contributed by atoms with Gasteiger partial charge in [-0.2, -0.15) is 0 Å². The maximum atomic E-state index is 11.1. The molecular weight excluding hydrogens is 270 g/mol. The molecule has 104 valence electrons. The molecule has 0 saturated heterocycles. The standard InChI is InChI=1S/C11H9N3O6/c1-5(15)20-4-9-12-8-3-6(14(18)19)2-7(11(16)17)10(8)13-9/h2-3H,4H2,1H3,(H,12,13)(H,16,17). The number of nitro groups is 1. The van der Waals surface area contributed by atoms with E-state index in [-0.39, 0.29) is 34.7 Å². The lowest BCUT2D eigenvalue weighted by Crippen LogP contribution is -2.01. The number of ether oxygens (including phenoxy) is 1. The van der Waals surface area contributed by atoms with Crippen LogP contribution in [0.2, 0.25) is 0 Å². The number of rotatable bonds is 4. The molecule has 0 saturated carbocycles. The number of hydrogen-bond acceptors (Lipinski definition) is 6. The lowest BCUT2D eigenvalue weighted by molar-refractivity contribution is -0.384. The number of aromatic amines is 1. The second kappa shape index (κ2) is 4.96. The molecule has 9 heteroatoms. The minimum Gasteiger partial charge on any atom is -0.478 e. The molecular formula is C11H9N3O6. The summed E-state index contributed by atoms with van der Waals surface area (Å²) in [7, 11) is 0. The molecule has 20 heavy (non-hydrogen) atoms. The van der Waals surface area contributed by atoms with Gasteiger partial charge in [-0.1, -0.05) is 0 Å². The summed E-state index contributed by atoms with van der Waals surface area (Å²) < 4.78 is 4.72. The lowest BCUT2D eigenvalue weighted by atomic mass is 10.1. The average Bonchev–Trinajstić information content (AvgIpc) is 2.77. The Balaban J connectivity index is 2.53. The number of imidazole rings is 1. The summed E-state index contributed by atoms with van der Waals surface area (Å²) in [6, 6.07) is 2.10. The Morgan fingerprint density at radius 3 is 2.75 bits per heavy atom. The van der Waals surface area contributed by atoms with E-state index in [9.17, 15) is 19.7 Å². The predicted octanol–water partition coefficient (Wildman–Crippen LogP) is 1.23. The Morgan fingerprint density at radius 2 is 2.20 bits per heavy atom. The Bertz CT molecular complexity index is 720. The zero-order valence-electron chi connectivity index (χ0n) is 10.2. The van der Waals surface area contributed by atoms with Gasteiger partial charge >= 0.3 is 11.9 Å². The number of nitrogens with zero attached hydrogens (tertiary/aromatic N) is 2. The van der Waals surface area contributed by atoms with E-state index in [1.807, 2.05) is 0 Å². The van der Waals surface area contributed by atoms with Gasteiger partial charge in [0.05, 0.1) is 16.0 Å². The minimum absolute atomic E-state index is 0.0743. The number of esters is 1. The van der Waals surface area contributed by atoms with Crippen molar-refractivity contribution in [3.8, 4) is 0 Å². The Morgan fingerprint density at radius 1 is 1.50 bits per heavy atom. The third-order valence-corrected chi connectivity index (χ3v) is 2.47. The summed E-state index contributed by atoms with van der Waals surface area (Å²) in [5, 5.41) is 19.8. The summed E-state index contributed by atoms with van der Waals surface area (Å²) >= 11 is 0. The summed E-state index contributed by atoms with van der Waals surface area (Å²) in [4.78, 5) is 38.5. The van der Waals surface area contributed by atoms with Crippen LogP contribution in [0.15, 0.2) is 12.1 Å². The monoisotopic (exact) mass is 279 g/mol. The van der Waals surface area contributed by atoms with Crippen LogP contribution in [0.25, 0.3) is 11.0 Å². The fourth-order valence-corrected chi connectivity index (χ4v) is 1.66. The molecule has 0 aliphatic heterocycles. The van der Waals surface area contributed by atoms with Crippen LogP contribution >= 0.6 is 0 Å². The Kier molecular flexibility index (Phi) is 3.34. The first-order valence-electron chi connectivity index (χ1n) is 5.42. The number of carboxylic acid groups (broad SMARTS) is 1. The zero-order valence-corrected chi connectivity index (χ0v) is 10.2. The molecule has 2 aromatic rings. The maximum absolute atomic E-state index is 11.1. The van der Waals surface area contributed by atoms with Crippen LogP contribution in [0, 0.1) is 10.1 Å². The van der Waals surface area contributed by atoms with Crippen molar-refractivity contribution in [3.63, 3.8) is 0 Å². The van der Waals surface area contributed by atoms with Crippen molar-refractivity contribution in [2.75, 3.05) is 0 Å². The van der Waals surface area contributed by atoms with E-state index in [0.717, 1.165) is 6.07 Å². The highest BCUT2D eigenvalue weighted by atomic mass is 16.6. The van der Waals surface area contributed by atoms with Crippen molar-refractivity contribution >= 4 is 28.7 Å². The first kappa shape index (κ1) is 13.5. The molecule has 0 radical (unpaired) electrons. The van der Waals surface area contributed by atoms with E-state index in [1.54, 1.807) is 0 Å². The molecule has 0 fully saturated rings. The number of benzene rings is 1. The quantitative estimate of drug-likeness (QED) is 0.488. The molecule has 9 nitrogen and oxygen atoms in total. The van der Waals surface area contributed by atoms with Gasteiger partial charge in [-0.25, -0.2) is 9.78 Å².